The highest BCUT2D eigenvalue weighted by Crippen LogP contribution is 2.38. The van der Waals surface area contributed by atoms with E-state index in [4.69, 9.17) is 12.2 Å². The average Bonchev–Trinajstić information content (AvgIpc) is 2.67. The van der Waals surface area contributed by atoms with Crippen LogP contribution in [0.2, 0.25) is 0 Å². The minimum atomic E-state index is 0.116. The number of nitrogens with zero attached hydrogens (tertiary/aromatic N) is 3. The molecule has 0 spiro atoms. The summed E-state index contributed by atoms with van der Waals surface area (Å²) < 4.78 is 1.79. The molecule has 20 heavy (non-hydrogen) atoms. The second-order valence-electron chi connectivity index (χ2n) is 4.74. The number of aromatic hydroxyl groups is 1. The Hall–Kier alpha value is -1.95. The van der Waals surface area contributed by atoms with Crippen LogP contribution < -0.4 is 5.32 Å². The number of benzene rings is 1. The number of hydrogen-bond acceptors (Lipinski definition) is 3. The summed E-state index contributed by atoms with van der Waals surface area (Å²) in [6, 6.07) is 7.90. The molecule has 0 aliphatic heterocycles. The Morgan fingerprint density at radius 2 is 2.10 bits per heavy atom. The second kappa shape index (κ2) is 6.00. The molecule has 2 aromatic rings. The molecule has 0 unspecified atom stereocenters. The molecule has 2 rings (SSSR count). The van der Waals surface area contributed by atoms with Crippen molar-refractivity contribution in [3.8, 4) is 5.88 Å². The number of fused-ring (bicyclic) bond motifs is 1. The first kappa shape index (κ1) is 14.5. The smallest absolute Gasteiger partial charge is 0.220 e. The summed E-state index contributed by atoms with van der Waals surface area (Å²) >= 11 is 5.07. The third-order valence-electron chi connectivity index (χ3n) is 2.89. The van der Waals surface area contributed by atoms with Crippen molar-refractivity contribution in [2.24, 2.45) is 10.2 Å². The third-order valence-corrected chi connectivity index (χ3v) is 3.09. The molecule has 1 heterocycles. The lowest BCUT2D eigenvalue weighted by Gasteiger charge is -2.05. The van der Waals surface area contributed by atoms with Crippen LogP contribution in [0.3, 0.4) is 0 Å². The van der Waals surface area contributed by atoms with Crippen LogP contribution in [0.15, 0.2) is 34.5 Å². The van der Waals surface area contributed by atoms with Crippen molar-refractivity contribution < 1.29 is 5.11 Å². The molecule has 0 amide bonds. The molecule has 0 saturated carbocycles. The van der Waals surface area contributed by atoms with Crippen molar-refractivity contribution in [2.45, 2.75) is 33.4 Å². The SMILES string of the molecule is CCn1c(O)c(N=NC(=S)NC(C)C)c2ccccc21. The molecule has 1 aromatic heterocycles. The van der Waals surface area contributed by atoms with Gasteiger partial charge in [0.15, 0.2) is 5.69 Å². The Morgan fingerprint density at radius 3 is 2.75 bits per heavy atom. The predicted octanol–water partition coefficient (Wildman–Crippen LogP) is 3.73. The van der Waals surface area contributed by atoms with E-state index in [2.05, 4.69) is 15.5 Å². The molecule has 0 radical (unpaired) electrons. The van der Waals surface area contributed by atoms with Gasteiger partial charge in [0, 0.05) is 18.0 Å². The van der Waals surface area contributed by atoms with Gasteiger partial charge in [0.05, 0.1) is 5.52 Å². The molecular formula is C14H18N4OS. The van der Waals surface area contributed by atoms with Crippen molar-refractivity contribution in [1.82, 2.24) is 9.88 Å². The molecule has 2 N–H and O–H groups in total. The minimum absolute atomic E-state index is 0.116. The summed E-state index contributed by atoms with van der Waals surface area (Å²) in [6.45, 7) is 6.58. The average molecular weight is 290 g/mol. The molecule has 0 aliphatic rings. The van der Waals surface area contributed by atoms with E-state index in [0.29, 0.717) is 17.3 Å². The molecule has 0 aliphatic carbocycles. The van der Waals surface area contributed by atoms with Gasteiger partial charge < -0.3 is 15.0 Å². The molecule has 1 aromatic carbocycles. The summed E-state index contributed by atoms with van der Waals surface area (Å²) in [5.74, 6) is 0.116. The van der Waals surface area contributed by atoms with Crippen molar-refractivity contribution in [2.75, 3.05) is 0 Å². The van der Waals surface area contributed by atoms with Crippen molar-refractivity contribution in [1.29, 1.82) is 0 Å². The highest BCUT2D eigenvalue weighted by atomic mass is 32.1. The molecule has 0 bridgehead atoms. The molecule has 6 heteroatoms. The topological polar surface area (TPSA) is 61.9 Å². The van der Waals surface area contributed by atoms with E-state index in [1.54, 1.807) is 4.57 Å². The summed E-state index contributed by atoms with van der Waals surface area (Å²) in [5.41, 5.74) is 1.39. The zero-order valence-corrected chi connectivity index (χ0v) is 12.6. The molecular weight excluding hydrogens is 272 g/mol. The predicted molar refractivity (Wildman–Crippen MR) is 84.7 cm³/mol. The fourth-order valence-electron chi connectivity index (χ4n) is 2.06. The first-order valence-corrected chi connectivity index (χ1v) is 6.97. The summed E-state index contributed by atoms with van der Waals surface area (Å²) in [7, 11) is 0. The zero-order valence-electron chi connectivity index (χ0n) is 11.8. The van der Waals surface area contributed by atoms with Gasteiger partial charge in [-0.3, -0.25) is 0 Å². The van der Waals surface area contributed by atoms with Gasteiger partial charge in [0.1, 0.15) is 0 Å². The maximum Gasteiger partial charge on any atom is 0.220 e. The Morgan fingerprint density at radius 1 is 1.40 bits per heavy atom. The van der Waals surface area contributed by atoms with Crippen molar-refractivity contribution >= 4 is 33.9 Å². The fourth-order valence-corrected chi connectivity index (χ4v) is 2.34. The number of azo groups is 1. The molecule has 0 atom stereocenters. The fraction of sp³-hybridized carbons (Fsp3) is 0.357. The van der Waals surface area contributed by atoms with Crippen molar-refractivity contribution in [3.63, 3.8) is 0 Å². The Labute approximate surface area is 123 Å². The van der Waals surface area contributed by atoms with Gasteiger partial charge in [0.2, 0.25) is 11.0 Å². The molecule has 0 saturated heterocycles. The van der Waals surface area contributed by atoms with Crippen LogP contribution in [0.5, 0.6) is 5.88 Å². The zero-order chi connectivity index (χ0) is 14.7. The maximum absolute atomic E-state index is 10.3. The van der Waals surface area contributed by atoms with Gasteiger partial charge in [-0.25, -0.2) is 0 Å². The lowest BCUT2D eigenvalue weighted by molar-refractivity contribution is 0.427. The van der Waals surface area contributed by atoms with Crippen LogP contribution >= 0.6 is 12.2 Å². The lowest BCUT2D eigenvalue weighted by atomic mass is 10.2. The van der Waals surface area contributed by atoms with Gasteiger partial charge in [-0.2, -0.15) is 0 Å². The van der Waals surface area contributed by atoms with Crippen LogP contribution in [-0.4, -0.2) is 20.8 Å². The van der Waals surface area contributed by atoms with E-state index in [0.717, 1.165) is 10.9 Å². The quantitative estimate of drug-likeness (QED) is 0.668. The Bertz CT molecular complexity index is 660. The minimum Gasteiger partial charge on any atom is -0.493 e. The normalized spacial score (nSPS) is 11.6. The van der Waals surface area contributed by atoms with Crippen LogP contribution in [0.1, 0.15) is 20.8 Å². The van der Waals surface area contributed by atoms with E-state index in [9.17, 15) is 5.11 Å². The number of hydrogen-bond donors (Lipinski definition) is 2. The van der Waals surface area contributed by atoms with Crippen LogP contribution in [0.4, 0.5) is 5.69 Å². The van der Waals surface area contributed by atoms with Gasteiger partial charge in [-0.15, -0.1) is 10.2 Å². The van der Waals surface area contributed by atoms with Crippen LogP contribution in [-0.2, 0) is 6.54 Å². The number of nitrogens with one attached hydrogen (secondary N) is 1. The molecule has 106 valence electrons. The Kier molecular flexibility index (Phi) is 4.34. The maximum atomic E-state index is 10.3. The summed E-state index contributed by atoms with van der Waals surface area (Å²) in [6.07, 6.45) is 0. The van der Waals surface area contributed by atoms with Gasteiger partial charge in [-0.1, -0.05) is 18.2 Å². The van der Waals surface area contributed by atoms with E-state index < -0.39 is 0 Å². The van der Waals surface area contributed by atoms with Crippen LogP contribution in [0.25, 0.3) is 10.9 Å². The first-order chi connectivity index (χ1) is 9.54. The largest absolute Gasteiger partial charge is 0.493 e. The van der Waals surface area contributed by atoms with Crippen LogP contribution in [0, 0.1) is 0 Å². The number of thiocarbonyl (C=S) groups is 1. The van der Waals surface area contributed by atoms with E-state index in [1.807, 2.05) is 45.0 Å². The number of aromatic nitrogens is 1. The summed E-state index contributed by atoms with van der Waals surface area (Å²) in [4.78, 5) is 0. The highest BCUT2D eigenvalue weighted by Gasteiger charge is 2.15. The molecule has 0 fully saturated rings. The highest BCUT2D eigenvalue weighted by molar-refractivity contribution is 7.80. The third kappa shape index (κ3) is 2.80. The molecule has 5 nitrogen and oxygen atoms in total. The number of aryl methyl sites for hydroxylation is 1. The number of para-hydroxylation sites is 1. The van der Waals surface area contributed by atoms with E-state index >= 15 is 0 Å². The van der Waals surface area contributed by atoms with Gasteiger partial charge in [0.25, 0.3) is 0 Å². The van der Waals surface area contributed by atoms with Gasteiger partial charge >= 0.3 is 0 Å². The van der Waals surface area contributed by atoms with Crippen molar-refractivity contribution in [3.05, 3.63) is 24.3 Å². The number of rotatable bonds is 3. The Balaban J connectivity index is 2.42. The van der Waals surface area contributed by atoms with Gasteiger partial charge in [-0.05, 0) is 39.1 Å². The lowest BCUT2D eigenvalue weighted by Crippen LogP contribution is -2.26. The monoisotopic (exact) mass is 290 g/mol. The first-order valence-electron chi connectivity index (χ1n) is 6.57. The standard InChI is InChI=1S/C14H18N4OS/c1-4-18-11-8-6-5-7-10(11)12(13(18)19)16-17-14(20)15-9(2)3/h5-9,19H,4H2,1-3H3,(H,15,20). The van der Waals surface area contributed by atoms with E-state index in [1.165, 1.54) is 0 Å². The second-order valence-corrected chi connectivity index (χ2v) is 5.12. The summed E-state index contributed by atoms with van der Waals surface area (Å²) in [5, 5.41) is 22.5. The van der Waals surface area contributed by atoms with E-state index in [-0.39, 0.29) is 11.9 Å².